The van der Waals surface area contributed by atoms with E-state index in [0.29, 0.717) is 17.9 Å². The van der Waals surface area contributed by atoms with Crippen molar-refractivity contribution in [3.05, 3.63) is 35.4 Å². The molecule has 8 heteroatoms. The summed E-state index contributed by atoms with van der Waals surface area (Å²) in [5.41, 5.74) is 0.327. The maximum Gasteiger partial charge on any atom is 0.337 e. The van der Waals surface area contributed by atoms with Gasteiger partial charge in [0, 0.05) is 0 Å². The Morgan fingerprint density at radius 2 is 1.73 bits per heavy atom. The molecular weight excluding hydrogens is 310 g/mol. The fourth-order valence-electron chi connectivity index (χ4n) is 2.62. The first-order chi connectivity index (χ1) is 10.4. The molecule has 0 saturated carbocycles. The van der Waals surface area contributed by atoms with Crippen molar-refractivity contribution in [2.24, 2.45) is 5.92 Å². The standard InChI is InChI=1S/C14H13NO6S/c16-12-10-5-1-2-6-11(10)13(17)15(12)21-14(18)9-4-3-7-22(19,20)8-9/h1-2,5-6,9H,3-4,7-8H2. The lowest BCUT2D eigenvalue weighted by Gasteiger charge is -2.22. The van der Waals surface area contributed by atoms with Crippen molar-refractivity contribution in [2.45, 2.75) is 12.8 Å². The van der Waals surface area contributed by atoms with E-state index < -0.39 is 33.5 Å². The fourth-order valence-corrected chi connectivity index (χ4v) is 4.31. The summed E-state index contributed by atoms with van der Waals surface area (Å²) >= 11 is 0. The third-order valence-electron chi connectivity index (χ3n) is 3.73. The molecule has 0 bridgehead atoms. The highest BCUT2D eigenvalue weighted by Gasteiger charge is 2.40. The zero-order chi connectivity index (χ0) is 15.9. The maximum absolute atomic E-state index is 12.1. The number of hydrogen-bond donors (Lipinski definition) is 0. The number of carbonyl (C=O) groups excluding carboxylic acids is 3. The molecule has 0 N–H and O–H groups in total. The normalized spacial score (nSPS) is 23.3. The molecule has 2 heterocycles. The number of sulfone groups is 1. The molecule has 1 unspecified atom stereocenters. The van der Waals surface area contributed by atoms with Crippen molar-refractivity contribution in [2.75, 3.05) is 11.5 Å². The van der Waals surface area contributed by atoms with Gasteiger partial charge in [0.1, 0.15) is 0 Å². The van der Waals surface area contributed by atoms with Gasteiger partial charge in [-0.15, -0.1) is 0 Å². The maximum atomic E-state index is 12.1. The van der Waals surface area contributed by atoms with E-state index in [1.807, 2.05) is 0 Å². The van der Waals surface area contributed by atoms with E-state index in [1.165, 1.54) is 12.1 Å². The zero-order valence-electron chi connectivity index (χ0n) is 11.5. The minimum absolute atomic E-state index is 0.0454. The number of hydrogen-bond acceptors (Lipinski definition) is 6. The molecule has 3 rings (SSSR count). The summed E-state index contributed by atoms with van der Waals surface area (Å²) in [5.74, 6) is -3.40. The van der Waals surface area contributed by atoms with E-state index in [9.17, 15) is 22.8 Å². The van der Waals surface area contributed by atoms with Crippen LogP contribution < -0.4 is 0 Å². The van der Waals surface area contributed by atoms with Gasteiger partial charge in [-0.25, -0.2) is 13.2 Å². The van der Waals surface area contributed by atoms with Crippen LogP contribution in [0.15, 0.2) is 24.3 Å². The summed E-state index contributed by atoms with van der Waals surface area (Å²) in [6.45, 7) is 0. The van der Waals surface area contributed by atoms with Gasteiger partial charge in [0.05, 0.1) is 28.6 Å². The van der Waals surface area contributed by atoms with Crippen molar-refractivity contribution < 1.29 is 27.6 Å². The van der Waals surface area contributed by atoms with Crippen molar-refractivity contribution in [1.82, 2.24) is 5.06 Å². The minimum Gasteiger partial charge on any atom is -0.329 e. The first-order valence-corrected chi connectivity index (χ1v) is 8.61. The molecule has 2 aliphatic rings. The van der Waals surface area contributed by atoms with Crippen LogP contribution in [0, 0.1) is 5.92 Å². The Bertz CT molecular complexity index is 734. The largest absolute Gasteiger partial charge is 0.337 e. The lowest BCUT2D eigenvalue weighted by atomic mass is 10.1. The second-order valence-corrected chi connectivity index (χ2v) is 7.54. The van der Waals surface area contributed by atoms with Crippen molar-refractivity contribution in [3.63, 3.8) is 0 Å². The van der Waals surface area contributed by atoms with Crippen LogP contribution in [0.1, 0.15) is 33.6 Å². The summed E-state index contributed by atoms with van der Waals surface area (Å²) in [4.78, 5) is 41.1. The van der Waals surface area contributed by atoms with Crippen molar-refractivity contribution in [3.8, 4) is 0 Å². The smallest absolute Gasteiger partial charge is 0.329 e. The number of hydroxylamine groups is 2. The number of amides is 2. The summed E-state index contributed by atoms with van der Waals surface area (Å²) in [6.07, 6.45) is 0.728. The van der Waals surface area contributed by atoms with Gasteiger partial charge in [-0.1, -0.05) is 17.2 Å². The SMILES string of the molecule is O=C(ON1C(=O)c2ccccc2C1=O)C1CCCS(=O)(=O)C1. The minimum atomic E-state index is -3.28. The second-order valence-electron chi connectivity index (χ2n) is 5.31. The van der Waals surface area contributed by atoms with Crippen LogP contribution >= 0.6 is 0 Å². The quantitative estimate of drug-likeness (QED) is 0.738. The molecule has 1 aromatic rings. The van der Waals surface area contributed by atoms with Crippen LogP contribution in [0.2, 0.25) is 0 Å². The monoisotopic (exact) mass is 323 g/mol. The number of imide groups is 1. The predicted molar refractivity (Wildman–Crippen MR) is 74.4 cm³/mol. The zero-order valence-corrected chi connectivity index (χ0v) is 12.3. The van der Waals surface area contributed by atoms with Gasteiger partial charge in [0.25, 0.3) is 11.8 Å². The van der Waals surface area contributed by atoms with Crippen LogP contribution in [0.4, 0.5) is 0 Å². The molecule has 0 aromatic heterocycles. The van der Waals surface area contributed by atoms with Gasteiger partial charge in [-0.3, -0.25) is 9.59 Å². The van der Waals surface area contributed by atoms with Crippen LogP contribution in [0.3, 0.4) is 0 Å². The van der Waals surface area contributed by atoms with Gasteiger partial charge >= 0.3 is 5.97 Å². The number of nitrogens with zero attached hydrogens (tertiary/aromatic N) is 1. The van der Waals surface area contributed by atoms with Gasteiger partial charge in [0.15, 0.2) is 9.84 Å². The number of carbonyl (C=O) groups is 3. The summed E-state index contributed by atoms with van der Waals surface area (Å²) < 4.78 is 23.1. The predicted octanol–water partition coefficient (Wildman–Crippen LogP) is 0.566. The Balaban J connectivity index is 1.76. The van der Waals surface area contributed by atoms with E-state index in [4.69, 9.17) is 4.84 Å². The first kappa shape index (κ1) is 14.7. The highest BCUT2D eigenvalue weighted by atomic mass is 32.2. The topological polar surface area (TPSA) is 97.8 Å². The molecule has 7 nitrogen and oxygen atoms in total. The molecule has 2 aliphatic heterocycles. The molecule has 0 aliphatic carbocycles. The van der Waals surface area contributed by atoms with E-state index >= 15 is 0 Å². The van der Waals surface area contributed by atoms with Crippen LogP contribution in [-0.4, -0.2) is 42.8 Å². The summed E-state index contributed by atoms with van der Waals surface area (Å²) in [7, 11) is -3.28. The van der Waals surface area contributed by atoms with Gasteiger partial charge in [-0.2, -0.15) is 0 Å². The van der Waals surface area contributed by atoms with Gasteiger partial charge in [0.2, 0.25) is 0 Å². The van der Waals surface area contributed by atoms with E-state index in [0.717, 1.165) is 0 Å². The Morgan fingerprint density at radius 3 is 2.27 bits per heavy atom. The molecule has 1 fully saturated rings. The molecular formula is C14H13NO6S. The Kier molecular flexibility index (Phi) is 3.48. The highest BCUT2D eigenvalue weighted by molar-refractivity contribution is 7.91. The highest BCUT2D eigenvalue weighted by Crippen LogP contribution is 2.25. The summed E-state index contributed by atoms with van der Waals surface area (Å²) in [6, 6.07) is 6.13. The number of benzene rings is 1. The third-order valence-corrected chi connectivity index (χ3v) is 5.56. The first-order valence-electron chi connectivity index (χ1n) is 6.79. The average Bonchev–Trinajstić information content (AvgIpc) is 2.72. The van der Waals surface area contributed by atoms with Gasteiger partial charge < -0.3 is 4.84 Å². The van der Waals surface area contributed by atoms with E-state index in [-0.39, 0.29) is 22.6 Å². The van der Waals surface area contributed by atoms with Crippen LogP contribution in [0.25, 0.3) is 0 Å². The van der Waals surface area contributed by atoms with E-state index in [2.05, 4.69) is 0 Å². The molecule has 22 heavy (non-hydrogen) atoms. The van der Waals surface area contributed by atoms with Crippen LogP contribution in [0.5, 0.6) is 0 Å². The van der Waals surface area contributed by atoms with Crippen LogP contribution in [-0.2, 0) is 19.5 Å². The Morgan fingerprint density at radius 1 is 1.14 bits per heavy atom. The van der Waals surface area contributed by atoms with Crippen molar-refractivity contribution >= 4 is 27.6 Å². The third kappa shape index (κ3) is 2.50. The number of rotatable bonds is 2. The molecule has 0 radical (unpaired) electrons. The Hall–Kier alpha value is -2.22. The average molecular weight is 323 g/mol. The number of fused-ring (bicyclic) bond motifs is 1. The molecule has 1 saturated heterocycles. The van der Waals surface area contributed by atoms with Gasteiger partial charge in [-0.05, 0) is 25.0 Å². The lowest BCUT2D eigenvalue weighted by Crippen LogP contribution is -2.38. The molecule has 1 aromatic carbocycles. The molecule has 2 amide bonds. The van der Waals surface area contributed by atoms with E-state index in [1.54, 1.807) is 12.1 Å². The second kappa shape index (κ2) is 5.20. The summed E-state index contributed by atoms with van der Waals surface area (Å²) in [5, 5.41) is 0.411. The molecule has 1 atom stereocenters. The molecule has 116 valence electrons. The fraction of sp³-hybridized carbons (Fsp3) is 0.357. The Labute approximate surface area is 126 Å². The lowest BCUT2D eigenvalue weighted by molar-refractivity contribution is -0.173. The van der Waals surface area contributed by atoms with Crippen molar-refractivity contribution in [1.29, 1.82) is 0 Å². The molecule has 0 spiro atoms.